The number of amides is 2. The van der Waals surface area contributed by atoms with Gasteiger partial charge in [-0.05, 0) is 32.3 Å². The number of hydrogen-bond acceptors (Lipinski definition) is 4. The second-order valence-corrected chi connectivity index (χ2v) is 7.87. The monoisotopic (exact) mass is 388 g/mol. The number of hydrogen-bond donors (Lipinski definition) is 1. The van der Waals surface area contributed by atoms with Gasteiger partial charge in [-0.15, -0.1) is 0 Å². The molecule has 1 N–H and O–H groups in total. The highest BCUT2D eigenvalue weighted by molar-refractivity contribution is 5.89. The highest BCUT2D eigenvalue weighted by atomic mass is 16.5. The number of carbonyl (C=O) groups excluding carboxylic acids is 3. The minimum atomic E-state index is -0.467. The Bertz CT molecular complexity index is 674. The predicted octanol–water partition coefficient (Wildman–Crippen LogP) is 2.70. The maximum absolute atomic E-state index is 12.9. The Hall–Kier alpha value is -2.21. The van der Waals surface area contributed by atoms with Crippen molar-refractivity contribution in [3.8, 4) is 0 Å². The van der Waals surface area contributed by atoms with E-state index in [1.165, 1.54) is 6.92 Å². The van der Waals surface area contributed by atoms with Crippen LogP contribution < -0.4 is 5.32 Å². The Balaban J connectivity index is 2.00. The molecule has 2 unspecified atom stereocenters. The number of nitrogens with zero attached hydrogens (tertiary/aromatic N) is 1. The van der Waals surface area contributed by atoms with E-state index in [1.807, 2.05) is 51.1 Å². The quantitative estimate of drug-likeness (QED) is 0.706. The first-order valence-electron chi connectivity index (χ1n) is 10.1. The summed E-state index contributed by atoms with van der Waals surface area (Å²) in [5.74, 6) is -0.362. The van der Waals surface area contributed by atoms with Gasteiger partial charge in [0.25, 0.3) is 0 Å². The summed E-state index contributed by atoms with van der Waals surface area (Å²) in [5, 5.41) is 2.97. The van der Waals surface area contributed by atoms with Crippen molar-refractivity contribution in [2.24, 2.45) is 5.92 Å². The third kappa shape index (κ3) is 6.16. The van der Waals surface area contributed by atoms with E-state index in [-0.39, 0.29) is 36.0 Å². The topological polar surface area (TPSA) is 75.7 Å². The van der Waals surface area contributed by atoms with Gasteiger partial charge in [0.2, 0.25) is 11.8 Å². The summed E-state index contributed by atoms with van der Waals surface area (Å²) in [5.41, 5.74) is 1.03. The molecule has 1 saturated heterocycles. The van der Waals surface area contributed by atoms with Crippen LogP contribution in [0.5, 0.6) is 0 Å². The summed E-state index contributed by atoms with van der Waals surface area (Å²) in [7, 11) is 0. The van der Waals surface area contributed by atoms with E-state index in [4.69, 9.17) is 4.74 Å². The third-order valence-corrected chi connectivity index (χ3v) is 5.09. The zero-order valence-electron chi connectivity index (χ0n) is 17.3. The first kappa shape index (κ1) is 22.1. The van der Waals surface area contributed by atoms with Crippen molar-refractivity contribution >= 4 is 17.6 Å². The van der Waals surface area contributed by atoms with Crippen LogP contribution in [0.25, 0.3) is 0 Å². The average molecular weight is 389 g/mol. The lowest BCUT2D eigenvalue weighted by Crippen LogP contribution is -2.52. The van der Waals surface area contributed by atoms with Crippen LogP contribution in [0, 0.1) is 5.92 Å². The lowest BCUT2D eigenvalue weighted by Gasteiger charge is -2.30. The normalized spacial score (nSPS) is 18.8. The third-order valence-electron chi connectivity index (χ3n) is 5.09. The van der Waals surface area contributed by atoms with E-state index in [9.17, 15) is 14.4 Å². The van der Waals surface area contributed by atoms with Gasteiger partial charge < -0.3 is 15.0 Å². The fourth-order valence-corrected chi connectivity index (χ4v) is 3.48. The predicted molar refractivity (Wildman–Crippen MR) is 107 cm³/mol. The zero-order chi connectivity index (χ0) is 20.7. The molecule has 1 aliphatic rings. The Labute approximate surface area is 167 Å². The second kappa shape index (κ2) is 10.4. The molecule has 1 heterocycles. The summed E-state index contributed by atoms with van der Waals surface area (Å²) in [6.45, 7) is 8.07. The van der Waals surface area contributed by atoms with Crippen LogP contribution in [0.3, 0.4) is 0 Å². The molecular formula is C22H32N2O4. The molecule has 2 amide bonds. The molecule has 0 saturated carbocycles. The molecule has 6 heteroatoms. The van der Waals surface area contributed by atoms with Crippen LogP contribution in [0.4, 0.5) is 0 Å². The number of likely N-dealkylation sites (tertiary alicyclic amines) is 1. The molecule has 6 nitrogen and oxygen atoms in total. The van der Waals surface area contributed by atoms with Gasteiger partial charge in [-0.1, -0.05) is 44.2 Å². The van der Waals surface area contributed by atoms with E-state index in [0.29, 0.717) is 19.6 Å². The van der Waals surface area contributed by atoms with Crippen LogP contribution in [-0.4, -0.2) is 47.2 Å². The second-order valence-electron chi connectivity index (χ2n) is 7.87. The standard InChI is InChI=1S/C22H32N2O4/c1-15(2)22(27)24-12-8-11-20(24)21(26)23-19(13-16(3)25)17(4)28-14-18-9-6-5-7-10-18/h5-7,9-10,15,17,19-20H,8,11-14H2,1-4H3,(H,23,26)/t17?,19?,20-/m0/s1. The Kier molecular flexibility index (Phi) is 8.18. The van der Waals surface area contributed by atoms with Gasteiger partial charge in [-0.2, -0.15) is 0 Å². The van der Waals surface area contributed by atoms with E-state index in [1.54, 1.807) is 4.90 Å². The molecule has 0 spiro atoms. The van der Waals surface area contributed by atoms with Crippen LogP contribution in [0.1, 0.15) is 52.5 Å². The number of rotatable bonds is 9. The van der Waals surface area contributed by atoms with Gasteiger partial charge >= 0.3 is 0 Å². The lowest BCUT2D eigenvalue weighted by molar-refractivity contribution is -0.141. The fraction of sp³-hybridized carbons (Fsp3) is 0.591. The van der Waals surface area contributed by atoms with Crippen molar-refractivity contribution in [2.45, 2.75) is 71.8 Å². The molecule has 28 heavy (non-hydrogen) atoms. The van der Waals surface area contributed by atoms with Gasteiger partial charge in [-0.25, -0.2) is 0 Å². The van der Waals surface area contributed by atoms with Gasteiger partial charge in [-0.3, -0.25) is 14.4 Å². The number of carbonyl (C=O) groups is 3. The molecule has 2 rings (SSSR count). The maximum atomic E-state index is 12.9. The zero-order valence-corrected chi connectivity index (χ0v) is 17.3. The van der Waals surface area contributed by atoms with Gasteiger partial charge in [0.15, 0.2) is 0 Å². The number of benzene rings is 1. The molecule has 1 fully saturated rings. The van der Waals surface area contributed by atoms with Crippen molar-refractivity contribution in [2.75, 3.05) is 6.54 Å². The Morgan fingerprint density at radius 3 is 2.46 bits per heavy atom. The van der Waals surface area contributed by atoms with Crippen LogP contribution in [-0.2, 0) is 25.7 Å². The van der Waals surface area contributed by atoms with Crippen molar-refractivity contribution in [3.63, 3.8) is 0 Å². The van der Waals surface area contributed by atoms with Crippen LogP contribution in [0.15, 0.2) is 30.3 Å². The first-order chi connectivity index (χ1) is 13.3. The highest BCUT2D eigenvalue weighted by Crippen LogP contribution is 2.21. The van der Waals surface area contributed by atoms with Gasteiger partial charge in [0, 0.05) is 18.9 Å². The molecule has 1 aliphatic heterocycles. The largest absolute Gasteiger partial charge is 0.372 e. The van der Waals surface area contributed by atoms with E-state index in [0.717, 1.165) is 12.0 Å². The fourth-order valence-electron chi connectivity index (χ4n) is 3.48. The summed E-state index contributed by atoms with van der Waals surface area (Å²) in [6.07, 6.45) is 1.33. The number of Topliss-reactive ketones (excluding diaryl/α,β-unsaturated/α-hetero) is 1. The van der Waals surface area contributed by atoms with Gasteiger partial charge in [0.1, 0.15) is 11.8 Å². The summed E-state index contributed by atoms with van der Waals surface area (Å²) in [4.78, 5) is 38.7. The van der Waals surface area contributed by atoms with Crippen molar-refractivity contribution in [1.29, 1.82) is 0 Å². The Morgan fingerprint density at radius 2 is 1.86 bits per heavy atom. The van der Waals surface area contributed by atoms with Crippen LogP contribution >= 0.6 is 0 Å². The van der Waals surface area contributed by atoms with Crippen molar-refractivity contribution < 1.29 is 19.1 Å². The molecule has 3 atom stereocenters. The average Bonchev–Trinajstić information content (AvgIpc) is 3.15. The van der Waals surface area contributed by atoms with E-state index in [2.05, 4.69) is 5.32 Å². The Morgan fingerprint density at radius 1 is 1.18 bits per heavy atom. The van der Waals surface area contributed by atoms with Gasteiger partial charge in [0.05, 0.1) is 18.8 Å². The first-order valence-corrected chi connectivity index (χ1v) is 10.1. The van der Waals surface area contributed by atoms with E-state index >= 15 is 0 Å². The molecule has 1 aromatic rings. The number of nitrogens with one attached hydrogen (secondary N) is 1. The number of ether oxygens (including phenoxy) is 1. The van der Waals surface area contributed by atoms with E-state index < -0.39 is 12.1 Å². The van der Waals surface area contributed by atoms with Crippen LogP contribution in [0.2, 0.25) is 0 Å². The number of ketones is 1. The maximum Gasteiger partial charge on any atom is 0.243 e. The molecular weight excluding hydrogens is 356 g/mol. The molecule has 154 valence electrons. The molecule has 0 aliphatic carbocycles. The SMILES string of the molecule is CC(=O)CC(NC(=O)[C@@H]1CCCN1C(=O)C(C)C)C(C)OCc1ccccc1. The minimum Gasteiger partial charge on any atom is -0.372 e. The van der Waals surface area contributed by atoms with Crippen molar-refractivity contribution in [1.82, 2.24) is 10.2 Å². The molecule has 1 aromatic carbocycles. The molecule has 0 radical (unpaired) electrons. The lowest BCUT2D eigenvalue weighted by atomic mass is 10.0. The molecule has 0 bridgehead atoms. The van der Waals surface area contributed by atoms with Crippen molar-refractivity contribution in [3.05, 3.63) is 35.9 Å². The highest BCUT2D eigenvalue weighted by Gasteiger charge is 2.36. The summed E-state index contributed by atoms with van der Waals surface area (Å²) < 4.78 is 5.92. The summed E-state index contributed by atoms with van der Waals surface area (Å²) in [6, 6.07) is 8.88. The minimum absolute atomic E-state index is 0.00542. The molecule has 0 aromatic heterocycles. The smallest absolute Gasteiger partial charge is 0.243 e. The summed E-state index contributed by atoms with van der Waals surface area (Å²) >= 11 is 0.